The summed E-state index contributed by atoms with van der Waals surface area (Å²) in [7, 11) is 0. The first-order valence-corrected chi connectivity index (χ1v) is 9.14. The number of benzene rings is 2. The van der Waals surface area contributed by atoms with E-state index in [-0.39, 0.29) is 29.4 Å². The Kier molecular flexibility index (Phi) is 5.99. The molecule has 0 fully saturated rings. The third-order valence-corrected chi connectivity index (χ3v) is 4.36. The number of nitrogens with one attached hydrogen (secondary N) is 2. The highest BCUT2D eigenvalue weighted by Crippen LogP contribution is 2.33. The van der Waals surface area contributed by atoms with E-state index in [1.807, 2.05) is 0 Å². The molecule has 0 atom stereocenters. The van der Waals surface area contributed by atoms with E-state index in [1.165, 1.54) is 6.08 Å². The van der Waals surface area contributed by atoms with Crippen LogP contribution in [0.5, 0.6) is 0 Å². The molecule has 2 aromatic carbocycles. The van der Waals surface area contributed by atoms with Crippen LogP contribution >= 0.6 is 11.6 Å². The van der Waals surface area contributed by atoms with Crippen molar-refractivity contribution in [3.05, 3.63) is 82.2 Å². The molecule has 4 N–H and O–H groups in total. The van der Waals surface area contributed by atoms with E-state index >= 15 is 0 Å². The zero-order valence-electron chi connectivity index (χ0n) is 15.5. The molecule has 8 heteroatoms. The molecule has 7 nitrogen and oxygen atoms in total. The van der Waals surface area contributed by atoms with Crippen molar-refractivity contribution >= 4 is 40.6 Å². The molecule has 1 amide bonds. The summed E-state index contributed by atoms with van der Waals surface area (Å²) in [6.45, 7) is 1.68. The minimum atomic E-state index is -0.975. The first-order valence-electron chi connectivity index (χ1n) is 8.77. The monoisotopic (exact) mass is 411 g/mol. The Balaban J connectivity index is 2.13. The quantitative estimate of drug-likeness (QED) is 0.229. The van der Waals surface area contributed by atoms with Gasteiger partial charge in [0.25, 0.3) is 5.91 Å². The van der Waals surface area contributed by atoms with Gasteiger partial charge in [-0.1, -0.05) is 23.7 Å². The van der Waals surface area contributed by atoms with Gasteiger partial charge in [-0.3, -0.25) is 9.59 Å². The number of ketones is 1. The molecule has 3 rings (SSSR count). The van der Waals surface area contributed by atoms with Crippen LogP contribution in [0.4, 0.5) is 11.4 Å². The number of ether oxygens (including phenoxy) is 1. The number of amides is 1. The van der Waals surface area contributed by atoms with Crippen molar-refractivity contribution in [1.29, 1.82) is 0 Å². The first-order chi connectivity index (χ1) is 13.9. The molecule has 1 aliphatic heterocycles. The van der Waals surface area contributed by atoms with Gasteiger partial charge >= 0.3 is 5.97 Å². The molecule has 0 aliphatic carbocycles. The van der Waals surface area contributed by atoms with Gasteiger partial charge in [-0.2, -0.15) is 0 Å². The second-order valence-electron chi connectivity index (χ2n) is 6.06. The number of esters is 1. The van der Waals surface area contributed by atoms with Gasteiger partial charge in [0.05, 0.1) is 29.4 Å². The maximum absolute atomic E-state index is 12.7. The molecule has 0 radical (unpaired) electrons. The summed E-state index contributed by atoms with van der Waals surface area (Å²) in [5, 5.41) is 6.58. The van der Waals surface area contributed by atoms with Gasteiger partial charge in [-0.25, -0.2) is 4.79 Å². The Morgan fingerprint density at radius 2 is 1.66 bits per heavy atom. The molecule has 0 saturated carbocycles. The lowest BCUT2D eigenvalue weighted by Crippen LogP contribution is -2.30. The summed E-state index contributed by atoms with van der Waals surface area (Å²) in [4.78, 5) is 37.1. The highest BCUT2D eigenvalue weighted by Gasteiger charge is 2.28. The first kappa shape index (κ1) is 20.2. The lowest BCUT2D eigenvalue weighted by atomic mass is 10.0. The van der Waals surface area contributed by atoms with Crippen molar-refractivity contribution in [2.45, 2.75) is 6.92 Å². The Morgan fingerprint density at radius 1 is 1.03 bits per heavy atom. The lowest BCUT2D eigenvalue weighted by Gasteiger charge is -2.26. The van der Waals surface area contributed by atoms with Crippen LogP contribution in [-0.4, -0.2) is 24.3 Å². The van der Waals surface area contributed by atoms with E-state index in [9.17, 15) is 14.4 Å². The Bertz CT molecular complexity index is 1040. The number of halogens is 1. The number of nitrogens with two attached hydrogens (primary N) is 1. The number of hydrogen-bond acceptors (Lipinski definition) is 6. The number of allylic oxidation sites excluding steroid dienone is 1. The average molecular weight is 412 g/mol. The van der Waals surface area contributed by atoms with Crippen LogP contribution in [-0.2, 0) is 14.3 Å². The fraction of sp³-hybridized carbons (Fsp3) is 0.0952. The highest BCUT2D eigenvalue weighted by atomic mass is 35.5. The number of hydrogen-bond donors (Lipinski definition) is 3. The van der Waals surface area contributed by atoms with Crippen LogP contribution in [0, 0.1) is 0 Å². The van der Waals surface area contributed by atoms with Gasteiger partial charge in [0.1, 0.15) is 5.57 Å². The molecular weight excluding hydrogens is 394 g/mol. The lowest BCUT2D eigenvalue weighted by molar-refractivity contribution is -0.140. The molecule has 0 saturated heterocycles. The molecule has 29 heavy (non-hydrogen) atoms. The molecule has 0 spiro atoms. The van der Waals surface area contributed by atoms with Crippen LogP contribution < -0.4 is 16.4 Å². The second kappa shape index (κ2) is 8.62. The number of carbonyl (C=O) groups is 3. The zero-order valence-corrected chi connectivity index (χ0v) is 16.2. The molecule has 0 bridgehead atoms. The third-order valence-electron chi connectivity index (χ3n) is 4.11. The fourth-order valence-corrected chi connectivity index (χ4v) is 2.90. The average Bonchev–Trinajstić information content (AvgIpc) is 2.69. The summed E-state index contributed by atoms with van der Waals surface area (Å²) in [5.41, 5.74) is 7.01. The van der Waals surface area contributed by atoms with Crippen molar-refractivity contribution in [2.75, 3.05) is 17.2 Å². The van der Waals surface area contributed by atoms with Gasteiger partial charge in [-0.05, 0) is 43.3 Å². The molecule has 2 aromatic rings. The van der Waals surface area contributed by atoms with Crippen LogP contribution in [0.15, 0.2) is 71.6 Å². The van der Waals surface area contributed by atoms with E-state index in [1.54, 1.807) is 55.5 Å². The summed E-state index contributed by atoms with van der Waals surface area (Å²) in [5.74, 6) is -2.21. The van der Waals surface area contributed by atoms with Crippen LogP contribution in [0.25, 0.3) is 0 Å². The SMILES string of the molecule is CCOC(=O)C(C(N)=O)=C1Nc2ccccc2NC1=CC(=O)c1ccc(Cl)cc1. The van der Waals surface area contributed by atoms with Gasteiger partial charge < -0.3 is 21.1 Å². The Hall–Kier alpha value is -3.58. The minimum absolute atomic E-state index is 0.0651. The van der Waals surface area contributed by atoms with Gasteiger partial charge in [0.15, 0.2) is 5.78 Å². The topological polar surface area (TPSA) is 111 Å². The number of carbonyl (C=O) groups excluding carboxylic acids is 3. The third kappa shape index (κ3) is 4.47. The van der Waals surface area contributed by atoms with E-state index in [2.05, 4.69) is 10.6 Å². The smallest absolute Gasteiger partial charge is 0.345 e. The second-order valence-corrected chi connectivity index (χ2v) is 6.50. The summed E-state index contributed by atoms with van der Waals surface area (Å²) >= 11 is 5.87. The standard InChI is InChI=1S/C21H18ClN3O4/c1-2-29-21(28)18(20(23)27)19-16(24-14-5-3-4-6-15(14)25-19)11-17(26)12-7-9-13(22)10-8-12/h3-11,24-25H,2H2,1H3,(H2,23,27). The highest BCUT2D eigenvalue weighted by molar-refractivity contribution is 6.30. The predicted molar refractivity (Wildman–Crippen MR) is 110 cm³/mol. The van der Waals surface area contributed by atoms with Crippen molar-refractivity contribution in [3.8, 4) is 0 Å². The van der Waals surface area contributed by atoms with E-state index in [4.69, 9.17) is 22.1 Å². The Morgan fingerprint density at radius 3 is 2.24 bits per heavy atom. The van der Waals surface area contributed by atoms with E-state index in [0.29, 0.717) is 22.0 Å². The van der Waals surface area contributed by atoms with Gasteiger partial charge in [0, 0.05) is 16.7 Å². The zero-order chi connectivity index (χ0) is 21.0. The van der Waals surface area contributed by atoms with Crippen molar-refractivity contribution < 1.29 is 19.1 Å². The van der Waals surface area contributed by atoms with Gasteiger partial charge in [0.2, 0.25) is 0 Å². The molecule has 1 aliphatic rings. The molecule has 1 heterocycles. The number of para-hydroxylation sites is 2. The summed E-state index contributed by atoms with van der Waals surface area (Å²) < 4.78 is 4.97. The normalized spacial score (nSPS) is 15.6. The maximum Gasteiger partial charge on any atom is 0.345 e. The summed E-state index contributed by atoms with van der Waals surface area (Å²) in [6.07, 6.45) is 1.28. The minimum Gasteiger partial charge on any atom is -0.462 e. The van der Waals surface area contributed by atoms with Crippen molar-refractivity contribution in [3.63, 3.8) is 0 Å². The van der Waals surface area contributed by atoms with E-state index < -0.39 is 11.9 Å². The fourth-order valence-electron chi connectivity index (χ4n) is 2.77. The van der Waals surface area contributed by atoms with Crippen LogP contribution in [0.2, 0.25) is 5.02 Å². The molecular formula is C21H18ClN3O4. The number of anilines is 2. The predicted octanol–water partition coefficient (Wildman–Crippen LogP) is 3.25. The summed E-state index contributed by atoms with van der Waals surface area (Å²) in [6, 6.07) is 13.5. The molecule has 0 unspecified atom stereocenters. The van der Waals surface area contributed by atoms with E-state index in [0.717, 1.165) is 0 Å². The van der Waals surface area contributed by atoms with Crippen molar-refractivity contribution in [2.24, 2.45) is 5.73 Å². The van der Waals surface area contributed by atoms with Crippen LogP contribution in [0.3, 0.4) is 0 Å². The number of primary amides is 1. The van der Waals surface area contributed by atoms with Gasteiger partial charge in [-0.15, -0.1) is 0 Å². The molecule has 0 aromatic heterocycles. The van der Waals surface area contributed by atoms with Crippen LogP contribution in [0.1, 0.15) is 17.3 Å². The Labute approximate surface area is 172 Å². The largest absolute Gasteiger partial charge is 0.462 e. The number of fused-ring (bicyclic) bond motifs is 1. The number of rotatable bonds is 5. The maximum atomic E-state index is 12.7. The molecule has 148 valence electrons. The van der Waals surface area contributed by atoms with Crippen molar-refractivity contribution in [1.82, 2.24) is 0 Å².